The zero-order chi connectivity index (χ0) is 19.8. The van der Waals surface area contributed by atoms with Gasteiger partial charge in [0, 0.05) is 32.2 Å². The lowest BCUT2D eigenvalue weighted by Crippen LogP contribution is -2.49. The lowest BCUT2D eigenvalue weighted by molar-refractivity contribution is -0.138. The fourth-order valence-corrected chi connectivity index (χ4v) is 3.95. The van der Waals surface area contributed by atoms with Gasteiger partial charge in [-0.2, -0.15) is 13.2 Å². The molecule has 1 amide bonds. The van der Waals surface area contributed by atoms with Crippen LogP contribution in [0.15, 0.2) is 18.2 Å². The topological polar surface area (TPSA) is 32.8 Å². The van der Waals surface area contributed by atoms with Crippen molar-refractivity contribution in [3.05, 3.63) is 34.9 Å². The van der Waals surface area contributed by atoms with Gasteiger partial charge >= 0.3 is 12.3 Å². The van der Waals surface area contributed by atoms with Crippen LogP contribution in [0, 0.1) is 0 Å². The van der Waals surface area contributed by atoms with Crippen molar-refractivity contribution in [2.24, 2.45) is 0 Å². The zero-order valence-corrected chi connectivity index (χ0v) is 16.1. The molecular weight excluding hydrogens is 357 g/mol. The maximum atomic E-state index is 13.2. The van der Waals surface area contributed by atoms with Crippen molar-refractivity contribution < 1.29 is 22.7 Å². The van der Waals surface area contributed by atoms with Crippen LogP contribution in [0.4, 0.5) is 18.0 Å². The fraction of sp³-hybridized carbons (Fsp3) is 0.650. The van der Waals surface area contributed by atoms with E-state index in [0.29, 0.717) is 38.2 Å². The average molecular weight is 384 g/mol. The molecule has 1 aromatic rings. The van der Waals surface area contributed by atoms with Crippen molar-refractivity contribution in [1.29, 1.82) is 0 Å². The first kappa shape index (κ1) is 20.0. The van der Waals surface area contributed by atoms with Gasteiger partial charge in [-0.1, -0.05) is 12.1 Å². The van der Waals surface area contributed by atoms with Gasteiger partial charge in [0.2, 0.25) is 0 Å². The van der Waals surface area contributed by atoms with Gasteiger partial charge in [0.15, 0.2) is 0 Å². The molecule has 2 aliphatic heterocycles. The molecule has 0 spiro atoms. The smallest absolute Gasteiger partial charge is 0.416 e. The number of carbonyl (C=O) groups excluding carboxylic acids is 1. The molecule has 0 aliphatic carbocycles. The first-order valence-corrected chi connectivity index (χ1v) is 9.44. The van der Waals surface area contributed by atoms with Crippen LogP contribution in [-0.4, -0.2) is 47.2 Å². The van der Waals surface area contributed by atoms with E-state index in [4.69, 9.17) is 4.74 Å². The van der Waals surface area contributed by atoms with Gasteiger partial charge < -0.3 is 9.64 Å². The number of fused-ring (bicyclic) bond motifs is 1. The number of hydrogen-bond donors (Lipinski definition) is 0. The molecule has 0 saturated carbocycles. The van der Waals surface area contributed by atoms with Gasteiger partial charge in [0.05, 0.1) is 5.56 Å². The molecule has 2 aliphatic rings. The van der Waals surface area contributed by atoms with Crippen molar-refractivity contribution in [2.45, 2.75) is 64.4 Å². The predicted molar refractivity (Wildman–Crippen MR) is 96.4 cm³/mol. The lowest BCUT2D eigenvalue weighted by atomic mass is 9.92. The van der Waals surface area contributed by atoms with Crippen LogP contribution >= 0.6 is 0 Å². The monoisotopic (exact) mass is 384 g/mol. The van der Waals surface area contributed by atoms with Crippen LogP contribution in [0.3, 0.4) is 0 Å². The first-order chi connectivity index (χ1) is 12.5. The van der Waals surface area contributed by atoms with Crippen LogP contribution in [0.25, 0.3) is 0 Å². The molecule has 7 heteroatoms. The number of amides is 1. The highest BCUT2D eigenvalue weighted by Crippen LogP contribution is 2.36. The summed E-state index contributed by atoms with van der Waals surface area (Å²) in [6, 6.07) is 4.75. The number of nitrogens with zero attached hydrogens (tertiary/aromatic N) is 2. The second-order valence-corrected chi connectivity index (χ2v) is 8.36. The fourth-order valence-electron chi connectivity index (χ4n) is 3.95. The van der Waals surface area contributed by atoms with Crippen LogP contribution in [0.2, 0.25) is 0 Å². The molecule has 1 fully saturated rings. The Morgan fingerprint density at radius 1 is 1.11 bits per heavy atom. The average Bonchev–Trinajstić information content (AvgIpc) is 2.58. The summed E-state index contributed by atoms with van der Waals surface area (Å²) in [5.41, 5.74) is 0.193. The Labute approximate surface area is 158 Å². The molecular formula is C20H27F3N2O2. The first-order valence-electron chi connectivity index (χ1n) is 9.44. The summed E-state index contributed by atoms with van der Waals surface area (Å²) >= 11 is 0. The highest BCUT2D eigenvalue weighted by atomic mass is 19.4. The minimum atomic E-state index is -4.30. The van der Waals surface area contributed by atoms with Gasteiger partial charge in [0.1, 0.15) is 5.60 Å². The minimum absolute atomic E-state index is 0.284. The number of hydrogen-bond acceptors (Lipinski definition) is 3. The number of benzene rings is 1. The zero-order valence-electron chi connectivity index (χ0n) is 16.1. The molecule has 4 nitrogen and oxygen atoms in total. The third kappa shape index (κ3) is 4.75. The van der Waals surface area contributed by atoms with Crippen LogP contribution in [0.1, 0.15) is 50.3 Å². The number of piperidine rings is 1. The summed E-state index contributed by atoms with van der Waals surface area (Å²) in [6.45, 7) is 7.93. The standard InChI is InChI=1S/C20H27F3N2O2/c1-19(2,3)27-18(26)24-10-7-15(8-11-24)25-12-9-16-14(13-25)5-4-6-17(16)20(21,22)23/h4-6,15H,7-13H2,1-3H3. The Kier molecular flexibility index (Phi) is 5.43. The van der Waals surface area contributed by atoms with E-state index in [1.165, 1.54) is 12.1 Å². The molecule has 1 saturated heterocycles. The Hall–Kier alpha value is -1.76. The summed E-state index contributed by atoms with van der Waals surface area (Å²) in [7, 11) is 0. The largest absolute Gasteiger partial charge is 0.444 e. The molecule has 1 aromatic carbocycles. The van der Waals surface area contributed by atoms with Crippen molar-refractivity contribution in [1.82, 2.24) is 9.80 Å². The molecule has 0 unspecified atom stereocenters. The number of likely N-dealkylation sites (tertiary alicyclic amines) is 1. The second-order valence-electron chi connectivity index (χ2n) is 8.36. The van der Waals surface area contributed by atoms with Crippen molar-refractivity contribution in [2.75, 3.05) is 19.6 Å². The highest BCUT2D eigenvalue weighted by Gasteiger charge is 2.36. The van der Waals surface area contributed by atoms with Crippen molar-refractivity contribution >= 4 is 6.09 Å². The van der Waals surface area contributed by atoms with Crippen molar-refractivity contribution in [3.63, 3.8) is 0 Å². The van der Waals surface area contributed by atoms with Gasteiger partial charge in [-0.3, -0.25) is 4.90 Å². The Morgan fingerprint density at radius 3 is 2.37 bits per heavy atom. The SMILES string of the molecule is CC(C)(C)OC(=O)N1CCC(N2CCc3c(cccc3C(F)(F)F)C2)CC1. The third-order valence-corrected chi connectivity index (χ3v) is 5.23. The lowest BCUT2D eigenvalue weighted by Gasteiger charge is -2.41. The number of ether oxygens (including phenoxy) is 1. The number of rotatable bonds is 1. The number of carbonyl (C=O) groups is 1. The van der Waals surface area contributed by atoms with Gasteiger partial charge in [-0.15, -0.1) is 0 Å². The maximum Gasteiger partial charge on any atom is 0.416 e. The molecule has 150 valence electrons. The van der Waals surface area contributed by atoms with E-state index in [9.17, 15) is 18.0 Å². The van der Waals surface area contributed by atoms with Crippen LogP contribution < -0.4 is 0 Å². The highest BCUT2D eigenvalue weighted by molar-refractivity contribution is 5.68. The van der Waals surface area contributed by atoms with Gasteiger partial charge in [-0.25, -0.2) is 4.79 Å². The molecule has 0 N–H and O–H groups in total. The maximum absolute atomic E-state index is 13.2. The number of alkyl halides is 3. The van der Waals surface area contributed by atoms with E-state index >= 15 is 0 Å². The molecule has 3 rings (SSSR count). The van der Waals surface area contributed by atoms with Crippen LogP contribution in [0.5, 0.6) is 0 Å². The Balaban J connectivity index is 1.61. The molecule has 0 atom stereocenters. The van der Waals surface area contributed by atoms with E-state index in [1.807, 2.05) is 20.8 Å². The summed E-state index contributed by atoms with van der Waals surface area (Å²) < 4.78 is 45.0. The summed E-state index contributed by atoms with van der Waals surface area (Å²) in [6.07, 6.45) is -2.55. The molecule has 27 heavy (non-hydrogen) atoms. The predicted octanol–water partition coefficient (Wildman–Crippen LogP) is 4.46. The van der Waals surface area contributed by atoms with E-state index < -0.39 is 17.3 Å². The second kappa shape index (κ2) is 7.34. The van der Waals surface area contributed by atoms with Crippen LogP contribution in [-0.2, 0) is 23.9 Å². The number of halogens is 3. The van der Waals surface area contributed by atoms with Gasteiger partial charge in [0.25, 0.3) is 0 Å². The van der Waals surface area contributed by atoms with Crippen molar-refractivity contribution in [3.8, 4) is 0 Å². The normalized spacial score (nSPS) is 19.7. The molecule has 0 aromatic heterocycles. The van der Waals surface area contributed by atoms with E-state index in [0.717, 1.165) is 18.4 Å². The quantitative estimate of drug-likeness (QED) is 0.717. The molecule has 0 radical (unpaired) electrons. The van der Waals surface area contributed by atoms with E-state index in [2.05, 4.69) is 4.90 Å². The third-order valence-electron chi connectivity index (χ3n) is 5.23. The summed E-state index contributed by atoms with van der Waals surface area (Å²) in [4.78, 5) is 16.2. The van der Waals surface area contributed by atoms with E-state index in [-0.39, 0.29) is 12.1 Å². The van der Waals surface area contributed by atoms with E-state index in [1.54, 1.807) is 11.0 Å². The Morgan fingerprint density at radius 2 is 1.78 bits per heavy atom. The Bertz CT molecular complexity index is 689. The summed E-state index contributed by atoms with van der Waals surface area (Å²) in [5.74, 6) is 0. The van der Waals surface area contributed by atoms with Gasteiger partial charge in [-0.05, 0) is 57.2 Å². The minimum Gasteiger partial charge on any atom is -0.444 e. The molecule has 2 heterocycles. The molecule has 0 bridgehead atoms. The summed E-state index contributed by atoms with van der Waals surface area (Å²) in [5, 5.41) is 0.